The molecular formula is C15H17FN4. The molecule has 104 valence electrons. The number of hydrazine groups is 1. The van der Waals surface area contributed by atoms with Crippen molar-refractivity contribution in [2.24, 2.45) is 5.84 Å². The number of aryl methyl sites for hydroxylation is 2. The molecule has 0 fully saturated rings. The largest absolute Gasteiger partial charge is 0.308 e. The van der Waals surface area contributed by atoms with E-state index in [9.17, 15) is 4.39 Å². The molecule has 0 radical (unpaired) electrons. The van der Waals surface area contributed by atoms with E-state index >= 15 is 0 Å². The maximum atomic E-state index is 13.5. The fraction of sp³-hybridized carbons (Fsp3) is 0.333. The molecule has 1 aliphatic rings. The van der Waals surface area contributed by atoms with Crippen LogP contribution in [0.2, 0.25) is 0 Å². The summed E-state index contributed by atoms with van der Waals surface area (Å²) in [5, 5.41) is 0. The predicted molar refractivity (Wildman–Crippen MR) is 76.6 cm³/mol. The van der Waals surface area contributed by atoms with Gasteiger partial charge in [-0.3, -0.25) is 0 Å². The normalized spacial score (nSPS) is 13.9. The van der Waals surface area contributed by atoms with E-state index in [1.165, 1.54) is 12.1 Å². The Morgan fingerprint density at radius 3 is 2.80 bits per heavy atom. The Bertz CT molecular complexity index is 637. The molecular weight excluding hydrogens is 255 g/mol. The summed E-state index contributed by atoms with van der Waals surface area (Å²) in [6, 6.07) is 4.66. The van der Waals surface area contributed by atoms with Gasteiger partial charge in [0.05, 0.1) is 0 Å². The number of nitrogens with one attached hydrogen (secondary N) is 1. The van der Waals surface area contributed by atoms with Gasteiger partial charge in [-0.15, -0.1) is 0 Å². The van der Waals surface area contributed by atoms with Gasteiger partial charge in [0, 0.05) is 16.8 Å². The van der Waals surface area contributed by atoms with Gasteiger partial charge in [-0.2, -0.15) is 0 Å². The molecule has 1 aromatic heterocycles. The van der Waals surface area contributed by atoms with Gasteiger partial charge in [-0.25, -0.2) is 20.2 Å². The van der Waals surface area contributed by atoms with Crippen molar-refractivity contribution in [1.29, 1.82) is 0 Å². The van der Waals surface area contributed by atoms with Crippen molar-refractivity contribution in [3.05, 3.63) is 40.8 Å². The summed E-state index contributed by atoms with van der Waals surface area (Å²) in [6.07, 6.45) is 4.12. The molecule has 0 bridgehead atoms. The van der Waals surface area contributed by atoms with Crippen LogP contribution >= 0.6 is 0 Å². The number of hydrogen-bond acceptors (Lipinski definition) is 4. The standard InChI is InChI=1S/C15H17FN4/c1-9-6-7-10(16)8-12(9)14-18-13-5-3-2-4-11(13)15(19-14)20-17/h6-8H,2-5,17H2,1H3,(H,18,19,20). The number of anilines is 1. The van der Waals surface area contributed by atoms with Crippen LogP contribution in [0.15, 0.2) is 18.2 Å². The molecule has 0 atom stereocenters. The van der Waals surface area contributed by atoms with Crippen LogP contribution in [0.25, 0.3) is 11.4 Å². The van der Waals surface area contributed by atoms with Gasteiger partial charge in [-0.1, -0.05) is 6.07 Å². The minimum atomic E-state index is -0.283. The molecule has 0 saturated carbocycles. The van der Waals surface area contributed by atoms with E-state index in [0.717, 1.165) is 48.1 Å². The third-order valence-electron chi connectivity index (χ3n) is 3.76. The van der Waals surface area contributed by atoms with Crippen molar-refractivity contribution in [2.75, 3.05) is 5.43 Å². The average molecular weight is 272 g/mol. The van der Waals surface area contributed by atoms with Crippen LogP contribution in [0.4, 0.5) is 10.2 Å². The van der Waals surface area contributed by atoms with Crippen molar-refractivity contribution in [1.82, 2.24) is 9.97 Å². The van der Waals surface area contributed by atoms with E-state index in [4.69, 9.17) is 5.84 Å². The lowest BCUT2D eigenvalue weighted by atomic mass is 9.96. The highest BCUT2D eigenvalue weighted by atomic mass is 19.1. The Morgan fingerprint density at radius 1 is 1.20 bits per heavy atom. The van der Waals surface area contributed by atoms with Crippen molar-refractivity contribution >= 4 is 5.82 Å². The van der Waals surface area contributed by atoms with Crippen molar-refractivity contribution in [3.8, 4) is 11.4 Å². The van der Waals surface area contributed by atoms with Gasteiger partial charge >= 0.3 is 0 Å². The molecule has 0 amide bonds. The van der Waals surface area contributed by atoms with Crippen LogP contribution in [-0.4, -0.2) is 9.97 Å². The van der Waals surface area contributed by atoms with Gasteiger partial charge in [0.2, 0.25) is 0 Å². The highest BCUT2D eigenvalue weighted by Crippen LogP contribution is 2.29. The van der Waals surface area contributed by atoms with Crippen LogP contribution < -0.4 is 11.3 Å². The molecule has 1 heterocycles. The summed E-state index contributed by atoms with van der Waals surface area (Å²) in [7, 11) is 0. The zero-order chi connectivity index (χ0) is 14.1. The molecule has 2 aromatic rings. The minimum Gasteiger partial charge on any atom is -0.308 e. The maximum Gasteiger partial charge on any atom is 0.162 e. The molecule has 0 unspecified atom stereocenters. The summed E-state index contributed by atoms with van der Waals surface area (Å²) in [6.45, 7) is 1.92. The Kier molecular flexibility index (Phi) is 3.36. The second kappa shape index (κ2) is 5.17. The Labute approximate surface area is 117 Å². The summed E-state index contributed by atoms with van der Waals surface area (Å²) in [4.78, 5) is 9.08. The Morgan fingerprint density at radius 2 is 2.00 bits per heavy atom. The topological polar surface area (TPSA) is 63.8 Å². The van der Waals surface area contributed by atoms with E-state index in [-0.39, 0.29) is 5.82 Å². The summed E-state index contributed by atoms with van der Waals surface area (Å²) < 4.78 is 13.5. The van der Waals surface area contributed by atoms with Gasteiger partial charge in [0.1, 0.15) is 11.6 Å². The number of halogens is 1. The van der Waals surface area contributed by atoms with E-state index in [1.807, 2.05) is 6.92 Å². The molecule has 20 heavy (non-hydrogen) atoms. The number of rotatable bonds is 2. The predicted octanol–water partition coefficient (Wildman–Crippen LogP) is 2.76. The van der Waals surface area contributed by atoms with Gasteiger partial charge in [-0.05, 0) is 50.3 Å². The van der Waals surface area contributed by atoms with Crippen LogP contribution in [0.1, 0.15) is 29.7 Å². The van der Waals surface area contributed by atoms with Crippen molar-refractivity contribution in [3.63, 3.8) is 0 Å². The Balaban J connectivity index is 2.17. The number of nitrogens with two attached hydrogens (primary N) is 1. The number of fused-ring (bicyclic) bond motifs is 1. The van der Waals surface area contributed by atoms with E-state index in [1.54, 1.807) is 6.07 Å². The van der Waals surface area contributed by atoms with Crippen molar-refractivity contribution < 1.29 is 4.39 Å². The first-order valence-electron chi connectivity index (χ1n) is 6.82. The maximum absolute atomic E-state index is 13.5. The first-order chi connectivity index (χ1) is 9.69. The number of hydrogen-bond donors (Lipinski definition) is 2. The number of nitrogen functional groups attached to an aromatic ring is 1. The zero-order valence-corrected chi connectivity index (χ0v) is 11.4. The fourth-order valence-corrected chi connectivity index (χ4v) is 2.67. The molecule has 5 heteroatoms. The van der Waals surface area contributed by atoms with E-state index in [2.05, 4.69) is 15.4 Å². The molecule has 1 aliphatic carbocycles. The molecule has 4 nitrogen and oxygen atoms in total. The van der Waals surface area contributed by atoms with Crippen molar-refractivity contribution in [2.45, 2.75) is 32.6 Å². The lowest BCUT2D eigenvalue weighted by molar-refractivity contribution is 0.627. The first kappa shape index (κ1) is 13.0. The van der Waals surface area contributed by atoms with E-state index < -0.39 is 0 Å². The number of aromatic nitrogens is 2. The van der Waals surface area contributed by atoms with Gasteiger partial charge in [0.25, 0.3) is 0 Å². The van der Waals surface area contributed by atoms with Gasteiger partial charge < -0.3 is 5.43 Å². The second-order valence-corrected chi connectivity index (χ2v) is 5.13. The average Bonchev–Trinajstić information content (AvgIpc) is 2.48. The molecule has 0 saturated heterocycles. The monoisotopic (exact) mass is 272 g/mol. The van der Waals surface area contributed by atoms with Crippen LogP contribution in [0.5, 0.6) is 0 Å². The molecule has 0 aliphatic heterocycles. The lowest BCUT2D eigenvalue weighted by Crippen LogP contribution is -2.17. The third kappa shape index (κ3) is 2.25. The number of nitrogens with zero attached hydrogens (tertiary/aromatic N) is 2. The van der Waals surface area contributed by atoms with E-state index in [0.29, 0.717) is 11.6 Å². The highest BCUT2D eigenvalue weighted by Gasteiger charge is 2.18. The van der Waals surface area contributed by atoms with Gasteiger partial charge in [0.15, 0.2) is 5.82 Å². The molecule has 0 spiro atoms. The summed E-state index contributed by atoms with van der Waals surface area (Å²) in [5.41, 5.74) is 6.44. The summed E-state index contributed by atoms with van der Waals surface area (Å²) >= 11 is 0. The van der Waals surface area contributed by atoms with Crippen LogP contribution in [0.3, 0.4) is 0 Å². The quantitative estimate of drug-likeness (QED) is 0.652. The number of benzene rings is 1. The van der Waals surface area contributed by atoms with Crippen LogP contribution in [-0.2, 0) is 12.8 Å². The molecule has 3 N–H and O–H groups in total. The second-order valence-electron chi connectivity index (χ2n) is 5.13. The molecule has 3 rings (SSSR count). The lowest BCUT2D eigenvalue weighted by Gasteiger charge is -2.19. The fourth-order valence-electron chi connectivity index (χ4n) is 2.67. The zero-order valence-electron chi connectivity index (χ0n) is 11.4. The SMILES string of the molecule is Cc1ccc(F)cc1-c1nc2c(c(NN)n1)CCCC2. The molecule has 1 aromatic carbocycles. The third-order valence-corrected chi connectivity index (χ3v) is 3.76. The summed E-state index contributed by atoms with van der Waals surface area (Å²) in [5.74, 6) is 6.49. The van der Waals surface area contributed by atoms with Crippen LogP contribution in [0, 0.1) is 12.7 Å². The highest BCUT2D eigenvalue weighted by molar-refractivity contribution is 5.63. The Hall–Kier alpha value is -2.01. The smallest absolute Gasteiger partial charge is 0.162 e. The minimum absolute atomic E-state index is 0.283. The first-order valence-corrected chi connectivity index (χ1v) is 6.82.